The summed E-state index contributed by atoms with van der Waals surface area (Å²) >= 11 is 0. The predicted molar refractivity (Wildman–Crippen MR) is 133 cm³/mol. The first-order valence-corrected chi connectivity index (χ1v) is 12.2. The molecule has 5 N–H and O–H groups in total. The van der Waals surface area contributed by atoms with Gasteiger partial charge in [-0.2, -0.15) is 0 Å². The maximum absolute atomic E-state index is 12.0. The Bertz CT molecular complexity index is 1510. The normalized spacial score (nSPS) is 13.3. The summed E-state index contributed by atoms with van der Waals surface area (Å²) in [6.45, 7) is 1.65. The van der Waals surface area contributed by atoms with Gasteiger partial charge in [-0.1, -0.05) is 48.5 Å². The molecule has 4 aromatic carbocycles. The Morgan fingerprint density at radius 2 is 1.73 bits per heavy atom. The molecule has 0 spiro atoms. The average molecular weight is 457 g/mol. The van der Waals surface area contributed by atoms with E-state index in [0.29, 0.717) is 5.56 Å². The number of primary sulfonamides is 1. The smallest absolute Gasteiger partial charge is 0.238 e. The number of sulfonamides is 1. The first-order valence-electron chi connectivity index (χ1n) is 10.7. The summed E-state index contributed by atoms with van der Waals surface area (Å²) in [7, 11) is -3.81. The minimum Gasteiger partial charge on any atom is -0.384 e. The quantitative estimate of drug-likeness (QED) is 0.311. The second kappa shape index (κ2) is 8.03. The third kappa shape index (κ3) is 4.08. The zero-order valence-electron chi connectivity index (χ0n) is 18.0. The van der Waals surface area contributed by atoms with E-state index in [1.54, 1.807) is 18.2 Å². The van der Waals surface area contributed by atoms with E-state index in [9.17, 15) is 8.42 Å². The fourth-order valence-corrected chi connectivity index (χ4v) is 5.30. The van der Waals surface area contributed by atoms with Gasteiger partial charge in [-0.15, -0.1) is 0 Å². The molecule has 0 unspecified atom stereocenters. The lowest BCUT2D eigenvalue weighted by Crippen LogP contribution is -2.19. The molecule has 6 nitrogen and oxygen atoms in total. The second-order valence-electron chi connectivity index (χ2n) is 8.37. The van der Waals surface area contributed by atoms with Crippen LogP contribution in [0.25, 0.3) is 21.9 Å². The summed E-state index contributed by atoms with van der Waals surface area (Å²) in [6, 6.07) is 25.1. The molecule has 0 aliphatic carbocycles. The van der Waals surface area contributed by atoms with Gasteiger partial charge in [0.05, 0.1) is 4.90 Å². The number of anilines is 1. The third-order valence-corrected chi connectivity index (χ3v) is 7.13. The number of fused-ring (bicyclic) bond motifs is 2. The van der Waals surface area contributed by atoms with Gasteiger partial charge in [-0.3, -0.25) is 5.41 Å². The number of hydrogen-bond donors (Lipinski definition) is 3. The molecule has 5 rings (SSSR count). The Kier molecular flexibility index (Phi) is 5.15. The van der Waals surface area contributed by atoms with Crippen molar-refractivity contribution >= 4 is 32.3 Å². The van der Waals surface area contributed by atoms with Crippen LogP contribution in [0.2, 0.25) is 0 Å². The number of nitrogens with zero attached hydrogens (tertiary/aromatic N) is 1. The zero-order chi connectivity index (χ0) is 23.2. The molecule has 0 fully saturated rings. The second-order valence-corrected chi connectivity index (χ2v) is 9.90. The van der Waals surface area contributed by atoms with Gasteiger partial charge in [-0.05, 0) is 64.2 Å². The zero-order valence-corrected chi connectivity index (χ0v) is 18.8. The molecular formula is C26H24N4O2S. The Hall–Kier alpha value is -3.68. The van der Waals surface area contributed by atoms with Crippen molar-refractivity contribution in [1.29, 1.82) is 5.41 Å². The molecule has 1 aliphatic heterocycles. The van der Waals surface area contributed by atoms with Crippen molar-refractivity contribution < 1.29 is 8.42 Å². The van der Waals surface area contributed by atoms with Crippen LogP contribution in [0.1, 0.15) is 16.7 Å². The molecule has 0 bridgehead atoms. The highest BCUT2D eigenvalue weighted by molar-refractivity contribution is 7.89. The molecule has 166 valence electrons. The van der Waals surface area contributed by atoms with Gasteiger partial charge >= 0.3 is 0 Å². The van der Waals surface area contributed by atoms with E-state index in [0.717, 1.165) is 47.1 Å². The molecule has 1 heterocycles. The summed E-state index contributed by atoms with van der Waals surface area (Å²) in [6.07, 6.45) is 0.892. The molecule has 0 saturated heterocycles. The number of nitrogen functional groups attached to an aromatic ring is 1. The summed E-state index contributed by atoms with van der Waals surface area (Å²) in [5.41, 5.74) is 11.4. The fraction of sp³-hybridized carbons (Fsp3) is 0.115. The van der Waals surface area contributed by atoms with Crippen molar-refractivity contribution in [2.45, 2.75) is 17.9 Å². The predicted octanol–water partition coefficient (Wildman–Crippen LogP) is 4.00. The van der Waals surface area contributed by atoms with Crippen LogP contribution >= 0.6 is 0 Å². The maximum Gasteiger partial charge on any atom is 0.238 e. The van der Waals surface area contributed by atoms with Gasteiger partial charge in [-0.25, -0.2) is 13.6 Å². The Labute approximate surface area is 193 Å². The monoisotopic (exact) mass is 456 g/mol. The molecule has 4 aromatic rings. The lowest BCUT2D eigenvalue weighted by molar-refractivity contribution is 0.598. The Balaban J connectivity index is 1.44. The van der Waals surface area contributed by atoms with Gasteiger partial charge in [0, 0.05) is 29.9 Å². The van der Waals surface area contributed by atoms with Gasteiger partial charge in [0.25, 0.3) is 0 Å². The van der Waals surface area contributed by atoms with Crippen LogP contribution in [-0.4, -0.2) is 20.8 Å². The molecule has 0 aromatic heterocycles. The highest BCUT2D eigenvalue weighted by Gasteiger charge is 2.21. The van der Waals surface area contributed by atoms with E-state index in [-0.39, 0.29) is 10.7 Å². The van der Waals surface area contributed by atoms with Crippen LogP contribution in [-0.2, 0) is 23.0 Å². The molecule has 1 aliphatic rings. The third-order valence-electron chi connectivity index (χ3n) is 6.16. The number of benzene rings is 4. The fourth-order valence-electron chi connectivity index (χ4n) is 4.54. The van der Waals surface area contributed by atoms with E-state index < -0.39 is 10.0 Å². The van der Waals surface area contributed by atoms with Crippen LogP contribution < -0.4 is 15.8 Å². The minimum absolute atomic E-state index is 0.0654. The lowest BCUT2D eigenvalue weighted by Gasteiger charge is -2.20. The SMILES string of the molecule is N=C(N)c1ccc2ccc(CN3CCc4cc(-c5ccccc5S(N)(=O)=O)ccc43)cc2c1. The van der Waals surface area contributed by atoms with E-state index in [4.69, 9.17) is 16.3 Å². The number of nitrogens with two attached hydrogens (primary N) is 2. The topological polar surface area (TPSA) is 113 Å². The number of rotatable bonds is 5. The van der Waals surface area contributed by atoms with E-state index >= 15 is 0 Å². The summed E-state index contributed by atoms with van der Waals surface area (Å²) < 4.78 is 24.0. The summed E-state index contributed by atoms with van der Waals surface area (Å²) in [4.78, 5) is 2.47. The highest BCUT2D eigenvalue weighted by Crippen LogP contribution is 2.35. The van der Waals surface area contributed by atoms with Gasteiger partial charge < -0.3 is 10.6 Å². The first-order chi connectivity index (χ1) is 15.8. The Morgan fingerprint density at radius 1 is 0.939 bits per heavy atom. The lowest BCUT2D eigenvalue weighted by atomic mass is 10.0. The molecule has 0 saturated carbocycles. The number of amidine groups is 1. The first kappa shape index (κ1) is 21.2. The van der Waals surface area contributed by atoms with Crippen LogP contribution in [0, 0.1) is 5.41 Å². The van der Waals surface area contributed by atoms with Crippen molar-refractivity contribution in [3.05, 3.63) is 95.6 Å². The summed E-state index contributed by atoms with van der Waals surface area (Å²) in [5, 5.41) is 15.3. The van der Waals surface area contributed by atoms with Crippen molar-refractivity contribution in [1.82, 2.24) is 0 Å². The van der Waals surface area contributed by atoms with Crippen LogP contribution in [0.5, 0.6) is 0 Å². The number of nitrogens with one attached hydrogen (secondary N) is 1. The summed E-state index contributed by atoms with van der Waals surface area (Å²) in [5.74, 6) is 0.0654. The van der Waals surface area contributed by atoms with Crippen LogP contribution in [0.3, 0.4) is 0 Å². The van der Waals surface area contributed by atoms with Crippen molar-refractivity contribution in [2.75, 3.05) is 11.4 Å². The van der Waals surface area contributed by atoms with E-state index in [1.807, 2.05) is 30.3 Å². The standard InChI is InChI=1S/C26H24N4O2S/c27-26(28)21-8-7-18-6-5-17(13-22(18)15-21)16-30-12-11-20-14-19(9-10-24(20)30)23-3-1-2-4-25(23)33(29,31)32/h1-10,13-15H,11-12,16H2,(H3,27,28)(H2,29,31,32). The van der Waals surface area contributed by atoms with E-state index in [1.165, 1.54) is 11.1 Å². The van der Waals surface area contributed by atoms with Crippen molar-refractivity contribution in [2.24, 2.45) is 10.9 Å². The van der Waals surface area contributed by atoms with E-state index in [2.05, 4.69) is 35.2 Å². The van der Waals surface area contributed by atoms with Crippen molar-refractivity contribution in [3.63, 3.8) is 0 Å². The van der Waals surface area contributed by atoms with Crippen molar-refractivity contribution in [3.8, 4) is 11.1 Å². The molecule has 33 heavy (non-hydrogen) atoms. The average Bonchev–Trinajstić information content (AvgIpc) is 3.20. The molecule has 7 heteroatoms. The largest absolute Gasteiger partial charge is 0.384 e. The number of hydrogen-bond acceptors (Lipinski definition) is 4. The molecule has 0 amide bonds. The van der Waals surface area contributed by atoms with Gasteiger partial charge in [0.1, 0.15) is 5.84 Å². The van der Waals surface area contributed by atoms with Crippen LogP contribution in [0.15, 0.2) is 83.8 Å². The minimum atomic E-state index is -3.81. The van der Waals surface area contributed by atoms with Gasteiger partial charge in [0.15, 0.2) is 0 Å². The van der Waals surface area contributed by atoms with Gasteiger partial charge in [0.2, 0.25) is 10.0 Å². The Morgan fingerprint density at radius 3 is 2.52 bits per heavy atom. The van der Waals surface area contributed by atoms with Crippen LogP contribution in [0.4, 0.5) is 5.69 Å². The highest BCUT2D eigenvalue weighted by atomic mass is 32.2. The molecular weight excluding hydrogens is 432 g/mol. The molecule has 0 radical (unpaired) electrons. The maximum atomic E-state index is 12.0. The molecule has 0 atom stereocenters.